The van der Waals surface area contributed by atoms with Gasteiger partial charge in [0.1, 0.15) is 5.78 Å². The van der Waals surface area contributed by atoms with Gasteiger partial charge in [-0.2, -0.15) is 0 Å². The van der Waals surface area contributed by atoms with Gasteiger partial charge in [-0.25, -0.2) is 0 Å². The number of hydrogen-bond donors (Lipinski definition) is 0. The summed E-state index contributed by atoms with van der Waals surface area (Å²) in [5, 5.41) is 0. The molecule has 0 bridgehead atoms. The molecule has 0 unspecified atom stereocenters. The third kappa shape index (κ3) is 2.82. The van der Waals surface area contributed by atoms with E-state index in [4.69, 9.17) is 0 Å². The lowest BCUT2D eigenvalue weighted by Gasteiger charge is -1.97. The summed E-state index contributed by atoms with van der Waals surface area (Å²) in [7, 11) is 0. The standard InChI is InChI=1S/C10H12NO/c1-2-10(12)6-5-9-4-3-7-11-8-9/h3-4,7-8H,1-2,5-6H2. The van der Waals surface area contributed by atoms with E-state index < -0.39 is 0 Å². The molecule has 0 aliphatic heterocycles. The van der Waals surface area contributed by atoms with Gasteiger partial charge in [0.15, 0.2) is 0 Å². The smallest absolute Gasteiger partial charge is 0.133 e. The van der Waals surface area contributed by atoms with Crippen LogP contribution >= 0.6 is 0 Å². The monoisotopic (exact) mass is 162 g/mol. The maximum atomic E-state index is 10.9. The molecule has 1 radical (unpaired) electrons. The van der Waals surface area contributed by atoms with E-state index in [1.165, 1.54) is 0 Å². The highest BCUT2D eigenvalue weighted by Gasteiger charge is 1.98. The molecule has 1 rings (SSSR count). The van der Waals surface area contributed by atoms with Crippen molar-refractivity contribution in [3.05, 3.63) is 37.0 Å². The van der Waals surface area contributed by atoms with E-state index in [1.54, 1.807) is 12.4 Å². The van der Waals surface area contributed by atoms with Crippen molar-refractivity contribution in [2.45, 2.75) is 19.3 Å². The molecule has 0 aromatic carbocycles. The van der Waals surface area contributed by atoms with Crippen molar-refractivity contribution in [2.24, 2.45) is 0 Å². The van der Waals surface area contributed by atoms with Crippen molar-refractivity contribution >= 4 is 5.78 Å². The topological polar surface area (TPSA) is 30.0 Å². The fraction of sp³-hybridized carbons (Fsp3) is 0.300. The first-order valence-corrected chi connectivity index (χ1v) is 4.03. The van der Waals surface area contributed by atoms with Crippen molar-refractivity contribution in [1.82, 2.24) is 4.98 Å². The predicted molar refractivity (Wildman–Crippen MR) is 47.5 cm³/mol. The Bertz CT molecular complexity index is 243. The summed E-state index contributed by atoms with van der Waals surface area (Å²) in [5.74, 6) is 0.207. The average molecular weight is 162 g/mol. The fourth-order valence-corrected chi connectivity index (χ4v) is 0.955. The minimum atomic E-state index is 0.207. The molecular weight excluding hydrogens is 150 g/mol. The Kier molecular flexibility index (Phi) is 3.45. The number of pyridine rings is 1. The second-order valence-corrected chi connectivity index (χ2v) is 2.65. The predicted octanol–water partition coefficient (Wildman–Crippen LogP) is 1.81. The lowest BCUT2D eigenvalue weighted by molar-refractivity contribution is -0.118. The van der Waals surface area contributed by atoms with Gasteiger partial charge in [-0.1, -0.05) is 6.07 Å². The Balaban J connectivity index is 2.38. The second-order valence-electron chi connectivity index (χ2n) is 2.65. The van der Waals surface area contributed by atoms with Crippen LogP contribution in [0.5, 0.6) is 0 Å². The number of ketones is 1. The normalized spacial score (nSPS) is 9.75. The van der Waals surface area contributed by atoms with Crippen LogP contribution in [-0.2, 0) is 11.2 Å². The third-order valence-corrected chi connectivity index (χ3v) is 1.69. The van der Waals surface area contributed by atoms with Crippen molar-refractivity contribution < 1.29 is 4.79 Å². The van der Waals surface area contributed by atoms with Crippen LogP contribution in [0.4, 0.5) is 0 Å². The second kappa shape index (κ2) is 4.65. The summed E-state index contributed by atoms with van der Waals surface area (Å²) < 4.78 is 0. The summed E-state index contributed by atoms with van der Waals surface area (Å²) in [4.78, 5) is 14.9. The van der Waals surface area contributed by atoms with Crippen LogP contribution in [0, 0.1) is 6.92 Å². The SMILES string of the molecule is [CH2]CC(=O)CCc1cccnc1. The summed E-state index contributed by atoms with van der Waals surface area (Å²) in [5.41, 5.74) is 1.11. The highest BCUT2D eigenvalue weighted by atomic mass is 16.1. The van der Waals surface area contributed by atoms with Crippen LogP contribution in [0.3, 0.4) is 0 Å². The van der Waals surface area contributed by atoms with Gasteiger partial charge in [-0.05, 0) is 25.0 Å². The van der Waals surface area contributed by atoms with Crippen LogP contribution in [-0.4, -0.2) is 10.8 Å². The molecule has 0 aliphatic carbocycles. The van der Waals surface area contributed by atoms with Crippen LogP contribution in [0.1, 0.15) is 18.4 Å². The number of aryl methyl sites for hydroxylation is 1. The minimum absolute atomic E-state index is 0.207. The molecular formula is C10H12NO. The van der Waals surface area contributed by atoms with Gasteiger partial charge in [-0.3, -0.25) is 9.78 Å². The molecule has 0 spiro atoms. The maximum absolute atomic E-state index is 10.9. The highest BCUT2D eigenvalue weighted by molar-refractivity contribution is 5.79. The van der Waals surface area contributed by atoms with Gasteiger partial charge in [-0.15, -0.1) is 0 Å². The number of nitrogens with zero attached hydrogens (tertiary/aromatic N) is 1. The maximum Gasteiger partial charge on any atom is 0.133 e. The molecule has 63 valence electrons. The van der Waals surface area contributed by atoms with E-state index in [9.17, 15) is 4.79 Å². The summed E-state index contributed by atoms with van der Waals surface area (Å²) in [6, 6.07) is 3.85. The molecule has 0 N–H and O–H groups in total. The number of carbonyl (C=O) groups excluding carboxylic acids is 1. The van der Waals surface area contributed by atoms with E-state index in [1.807, 2.05) is 12.1 Å². The Morgan fingerprint density at radius 3 is 3.00 bits per heavy atom. The fourth-order valence-electron chi connectivity index (χ4n) is 0.955. The van der Waals surface area contributed by atoms with Gasteiger partial charge < -0.3 is 0 Å². The zero-order chi connectivity index (χ0) is 8.81. The quantitative estimate of drug-likeness (QED) is 0.675. The Morgan fingerprint density at radius 2 is 2.42 bits per heavy atom. The average Bonchev–Trinajstić information content (AvgIpc) is 2.16. The van der Waals surface area contributed by atoms with E-state index in [-0.39, 0.29) is 5.78 Å². The molecule has 0 amide bonds. The Hall–Kier alpha value is -1.18. The molecule has 0 atom stereocenters. The van der Waals surface area contributed by atoms with Crippen molar-refractivity contribution in [3.8, 4) is 0 Å². The van der Waals surface area contributed by atoms with Gasteiger partial charge in [0.05, 0.1) is 0 Å². The molecule has 1 aromatic rings. The lowest BCUT2D eigenvalue weighted by atomic mass is 10.1. The van der Waals surface area contributed by atoms with E-state index in [2.05, 4.69) is 11.9 Å². The number of Topliss-reactive ketones (excluding diaryl/α,β-unsaturated/α-hetero) is 1. The molecule has 12 heavy (non-hydrogen) atoms. The van der Waals surface area contributed by atoms with Crippen molar-refractivity contribution in [2.75, 3.05) is 0 Å². The van der Waals surface area contributed by atoms with Crippen LogP contribution in [0.2, 0.25) is 0 Å². The van der Waals surface area contributed by atoms with Crippen LogP contribution < -0.4 is 0 Å². The Labute approximate surface area is 72.6 Å². The number of hydrogen-bond acceptors (Lipinski definition) is 2. The number of aromatic nitrogens is 1. The van der Waals surface area contributed by atoms with Crippen LogP contribution in [0.15, 0.2) is 24.5 Å². The van der Waals surface area contributed by atoms with E-state index >= 15 is 0 Å². The highest BCUT2D eigenvalue weighted by Crippen LogP contribution is 2.01. The summed E-state index contributed by atoms with van der Waals surface area (Å²) in [6.45, 7) is 3.53. The molecule has 1 aromatic heterocycles. The van der Waals surface area contributed by atoms with Crippen molar-refractivity contribution in [1.29, 1.82) is 0 Å². The Morgan fingerprint density at radius 1 is 1.58 bits per heavy atom. The van der Waals surface area contributed by atoms with Gasteiger partial charge in [0, 0.05) is 25.2 Å². The molecule has 0 fully saturated rings. The first kappa shape index (κ1) is 8.91. The molecule has 2 heteroatoms. The number of carbonyl (C=O) groups is 1. The largest absolute Gasteiger partial charge is 0.300 e. The molecule has 0 saturated heterocycles. The molecule has 2 nitrogen and oxygen atoms in total. The molecule has 1 heterocycles. The first-order chi connectivity index (χ1) is 5.83. The van der Waals surface area contributed by atoms with Crippen molar-refractivity contribution in [3.63, 3.8) is 0 Å². The van der Waals surface area contributed by atoms with E-state index in [0.29, 0.717) is 12.8 Å². The van der Waals surface area contributed by atoms with E-state index in [0.717, 1.165) is 12.0 Å². The summed E-state index contributed by atoms with van der Waals surface area (Å²) in [6.07, 6.45) is 5.26. The molecule has 0 aliphatic rings. The van der Waals surface area contributed by atoms with Gasteiger partial charge in [0.2, 0.25) is 0 Å². The van der Waals surface area contributed by atoms with Gasteiger partial charge >= 0.3 is 0 Å². The molecule has 0 saturated carbocycles. The first-order valence-electron chi connectivity index (χ1n) is 4.03. The zero-order valence-electron chi connectivity index (χ0n) is 6.99. The van der Waals surface area contributed by atoms with Crippen LogP contribution in [0.25, 0.3) is 0 Å². The third-order valence-electron chi connectivity index (χ3n) is 1.69. The number of rotatable bonds is 4. The lowest BCUT2D eigenvalue weighted by Crippen LogP contribution is -1.97. The summed E-state index contributed by atoms with van der Waals surface area (Å²) >= 11 is 0. The van der Waals surface area contributed by atoms with Gasteiger partial charge in [0.25, 0.3) is 0 Å². The zero-order valence-corrected chi connectivity index (χ0v) is 6.99. The minimum Gasteiger partial charge on any atom is -0.300 e.